The second kappa shape index (κ2) is 11.8. The molecule has 0 aliphatic carbocycles. The first-order chi connectivity index (χ1) is 15.0. The summed E-state index contributed by atoms with van der Waals surface area (Å²) in [6, 6.07) is 15.2. The van der Waals surface area contributed by atoms with Crippen LogP contribution in [-0.2, 0) is 15.3 Å². The minimum Gasteiger partial charge on any atom is -0.518 e. The topological polar surface area (TPSA) is 18.5 Å². The monoisotopic (exact) mass is 471 g/mol. The molecule has 2 aromatic rings. The van der Waals surface area contributed by atoms with Crippen LogP contribution in [0.5, 0.6) is 5.75 Å². The molecule has 0 aromatic heterocycles. The second-order valence-electron chi connectivity index (χ2n) is 10.8. The van der Waals surface area contributed by atoms with Crippen LogP contribution in [0, 0.1) is 0 Å². The average Bonchev–Trinajstić information content (AvgIpc) is 2.70. The maximum Gasteiger partial charge on any atom is 0.466 e. The molecule has 1 atom stereocenters. The van der Waals surface area contributed by atoms with E-state index in [2.05, 4.69) is 104 Å². The number of hydrogen-bond acceptors (Lipinski definition) is 3. The molecule has 0 fully saturated rings. The summed E-state index contributed by atoms with van der Waals surface area (Å²) in [4.78, 5) is 0.989. The van der Waals surface area contributed by atoms with Crippen LogP contribution in [0.25, 0.3) is 0 Å². The zero-order valence-corrected chi connectivity index (χ0v) is 23.3. The van der Waals surface area contributed by atoms with E-state index >= 15 is 0 Å². The standard InChI is InChI=1S/C28H43O2SSi/c1-9-11-18-29-32(26(13-10-2)21-14-12-15-23(31)19-21)30-25-17-16-22(27(3,4)5)20-24(25)28(6,7)8/h12,14-17,19-20,26,31H,9-11,13,18H2,1-8H3. The molecular weight excluding hydrogens is 428 g/mol. The summed E-state index contributed by atoms with van der Waals surface area (Å²) in [5, 5.41) is 0. The first-order valence-electron chi connectivity index (χ1n) is 12.1. The third-order valence-corrected chi connectivity index (χ3v) is 8.12. The van der Waals surface area contributed by atoms with Gasteiger partial charge in [0.2, 0.25) is 0 Å². The third-order valence-electron chi connectivity index (χ3n) is 5.74. The van der Waals surface area contributed by atoms with Crippen LogP contribution >= 0.6 is 12.6 Å². The molecule has 1 unspecified atom stereocenters. The number of rotatable bonds is 10. The molecule has 1 radical (unpaired) electrons. The Morgan fingerprint density at radius 2 is 1.62 bits per heavy atom. The molecule has 0 aliphatic heterocycles. The van der Waals surface area contributed by atoms with Crippen molar-refractivity contribution in [1.29, 1.82) is 0 Å². The first-order valence-corrected chi connectivity index (χ1v) is 13.9. The highest BCUT2D eigenvalue weighted by Crippen LogP contribution is 2.37. The van der Waals surface area contributed by atoms with Crippen LogP contribution in [0.1, 0.15) is 103 Å². The Bertz CT molecular complexity index is 851. The Balaban J connectivity index is 2.49. The molecule has 2 aromatic carbocycles. The van der Waals surface area contributed by atoms with Crippen LogP contribution in [0.3, 0.4) is 0 Å². The molecule has 2 nitrogen and oxygen atoms in total. The predicted octanol–water partition coefficient (Wildman–Crippen LogP) is 8.38. The normalized spacial score (nSPS) is 13.4. The van der Waals surface area contributed by atoms with E-state index in [0.717, 1.165) is 42.9 Å². The highest BCUT2D eigenvalue weighted by Gasteiger charge is 2.34. The predicted molar refractivity (Wildman–Crippen MR) is 142 cm³/mol. The van der Waals surface area contributed by atoms with E-state index in [1.165, 1.54) is 16.7 Å². The van der Waals surface area contributed by atoms with E-state index < -0.39 is 9.28 Å². The van der Waals surface area contributed by atoms with E-state index in [1.807, 2.05) is 6.07 Å². The van der Waals surface area contributed by atoms with Gasteiger partial charge in [0.25, 0.3) is 0 Å². The maximum absolute atomic E-state index is 6.85. The lowest BCUT2D eigenvalue weighted by molar-refractivity contribution is 0.247. The zero-order chi connectivity index (χ0) is 23.9. The summed E-state index contributed by atoms with van der Waals surface area (Å²) in [5.41, 5.74) is 4.20. The zero-order valence-electron chi connectivity index (χ0n) is 21.4. The van der Waals surface area contributed by atoms with Crippen LogP contribution < -0.4 is 4.43 Å². The minimum absolute atomic E-state index is 0.0156. The highest BCUT2D eigenvalue weighted by atomic mass is 32.1. The lowest BCUT2D eigenvalue weighted by Crippen LogP contribution is -2.36. The Morgan fingerprint density at radius 3 is 2.19 bits per heavy atom. The van der Waals surface area contributed by atoms with Crippen molar-refractivity contribution in [2.45, 2.75) is 102 Å². The molecule has 4 heteroatoms. The number of thiol groups is 1. The molecule has 0 amide bonds. The number of hydrogen-bond donors (Lipinski definition) is 1. The molecule has 2 rings (SSSR count). The van der Waals surface area contributed by atoms with Crippen LogP contribution in [-0.4, -0.2) is 15.9 Å². The molecule has 0 aliphatic rings. The van der Waals surface area contributed by atoms with E-state index in [0.29, 0.717) is 0 Å². The van der Waals surface area contributed by atoms with Gasteiger partial charge in [0.1, 0.15) is 5.75 Å². The van der Waals surface area contributed by atoms with E-state index in [9.17, 15) is 0 Å². The molecular formula is C28H43O2SSi. The van der Waals surface area contributed by atoms with Gasteiger partial charge >= 0.3 is 9.28 Å². The number of unbranched alkanes of at least 4 members (excludes halogenated alkanes) is 1. The van der Waals surface area contributed by atoms with Gasteiger partial charge < -0.3 is 8.85 Å². The van der Waals surface area contributed by atoms with Crippen molar-refractivity contribution in [2.75, 3.05) is 6.61 Å². The van der Waals surface area contributed by atoms with Gasteiger partial charge in [0.05, 0.1) is 0 Å². The quantitative estimate of drug-likeness (QED) is 0.213. The summed E-state index contributed by atoms with van der Waals surface area (Å²) in [5.74, 6) is 0.971. The first kappa shape index (κ1) is 27.0. The fourth-order valence-corrected chi connectivity index (χ4v) is 6.10. The van der Waals surface area contributed by atoms with E-state index in [1.54, 1.807) is 0 Å². The van der Waals surface area contributed by atoms with Crippen molar-refractivity contribution >= 4 is 21.9 Å². The van der Waals surface area contributed by atoms with Crippen molar-refractivity contribution in [3.05, 3.63) is 59.2 Å². The Hall–Kier alpha value is -1.23. The van der Waals surface area contributed by atoms with Crippen molar-refractivity contribution in [3.63, 3.8) is 0 Å². The van der Waals surface area contributed by atoms with Crippen molar-refractivity contribution < 1.29 is 8.85 Å². The maximum atomic E-state index is 6.85. The van der Waals surface area contributed by atoms with Gasteiger partial charge in [-0.2, -0.15) is 0 Å². The summed E-state index contributed by atoms with van der Waals surface area (Å²) in [6.45, 7) is 18.8. The second-order valence-corrected chi connectivity index (χ2v) is 13.1. The minimum atomic E-state index is -1.60. The Morgan fingerprint density at radius 1 is 0.906 bits per heavy atom. The Kier molecular flexibility index (Phi) is 9.93. The molecule has 0 heterocycles. The van der Waals surface area contributed by atoms with E-state index in [-0.39, 0.29) is 16.4 Å². The van der Waals surface area contributed by atoms with Gasteiger partial charge in [-0.25, -0.2) is 0 Å². The van der Waals surface area contributed by atoms with Crippen molar-refractivity contribution in [3.8, 4) is 5.75 Å². The van der Waals surface area contributed by atoms with Gasteiger partial charge in [-0.15, -0.1) is 12.6 Å². The van der Waals surface area contributed by atoms with Crippen LogP contribution in [0.2, 0.25) is 0 Å². The Labute approximate surface area is 204 Å². The molecule has 0 spiro atoms. The smallest absolute Gasteiger partial charge is 0.466 e. The third kappa shape index (κ3) is 7.67. The van der Waals surface area contributed by atoms with Crippen molar-refractivity contribution in [2.24, 2.45) is 0 Å². The molecule has 0 saturated heterocycles. The largest absolute Gasteiger partial charge is 0.518 e. The fraction of sp³-hybridized carbons (Fsp3) is 0.571. The summed E-state index contributed by atoms with van der Waals surface area (Å²) >= 11 is 4.59. The summed E-state index contributed by atoms with van der Waals surface area (Å²) in [6.07, 6.45) is 4.30. The average molecular weight is 472 g/mol. The fourth-order valence-electron chi connectivity index (χ4n) is 3.75. The van der Waals surface area contributed by atoms with Crippen LogP contribution in [0.4, 0.5) is 0 Å². The SMILES string of the molecule is CCCCO[Si](Oc1ccc(C(C)(C)C)cc1C(C)(C)C)C(CCC)c1cccc(S)c1. The van der Waals surface area contributed by atoms with Gasteiger partial charge in [-0.3, -0.25) is 0 Å². The number of benzene rings is 2. The molecule has 0 bridgehead atoms. The van der Waals surface area contributed by atoms with Gasteiger partial charge in [0.15, 0.2) is 0 Å². The van der Waals surface area contributed by atoms with Gasteiger partial charge in [-0.05, 0) is 58.6 Å². The van der Waals surface area contributed by atoms with Gasteiger partial charge in [0, 0.05) is 17.0 Å². The highest BCUT2D eigenvalue weighted by molar-refractivity contribution is 7.80. The summed E-state index contributed by atoms with van der Waals surface area (Å²) in [7, 11) is -1.60. The molecule has 32 heavy (non-hydrogen) atoms. The molecule has 177 valence electrons. The molecule has 0 saturated carbocycles. The summed E-state index contributed by atoms with van der Waals surface area (Å²) < 4.78 is 13.4. The lowest BCUT2D eigenvalue weighted by Gasteiger charge is -2.30. The van der Waals surface area contributed by atoms with Gasteiger partial charge in [-0.1, -0.05) is 92.5 Å². The van der Waals surface area contributed by atoms with Crippen molar-refractivity contribution in [1.82, 2.24) is 0 Å². The molecule has 0 N–H and O–H groups in total. The lowest BCUT2D eigenvalue weighted by atomic mass is 9.80. The van der Waals surface area contributed by atoms with E-state index in [4.69, 9.17) is 8.85 Å². The van der Waals surface area contributed by atoms with Crippen LogP contribution in [0.15, 0.2) is 47.4 Å².